The molecule has 0 spiro atoms. The van der Waals surface area contributed by atoms with Crippen LogP contribution >= 0.6 is 11.3 Å². The smallest absolute Gasteiger partial charge is 0.317 e. The van der Waals surface area contributed by atoms with E-state index >= 15 is 0 Å². The molecule has 2 aliphatic rings. The molecule has 2 aromatic rings. The van der Waals surface area contributed by atoms with Gasteiger partial charge in [0.15, 0.2) is 5.13 Å². The fourth-order valence-corrected chi connectivity index (χ4v) is 4.54. The van der Waals surface area contributed by atoms with Gasteiger partial charge >= 0.3 is 6.03 Å². The molecule has 7 nitrogen and oxygen atoms in total. The van der Waals surface area contributed by atoms with Crippen molar-refractivity contribution in [3.05, 3.63) is 34.7 Å². The Bertz CT molecular complexity index is 757. The van der Waals surface area contributed by atoms with Gasteiger partial charge < -0.3 is 20.0 Å². The number of anilines is 1. The average molecular weight is 374 g/mol. The Labute approximate surface area is 155 Å². The Kier molecular flexibility index (Phi) is 4.92. The molecule has 3 heterocycles. The second-order valence-corrected chi connectivity index (χ2v) is 7.81. The van der Waals surface area contributed by atoms with Crippen molar-refractivity contribution >= 4 is 28.4 Å². The maximum absolute atomic E-state index is 12.5. The van der Waals surface area contributed by atoms with Crippen LogP contribution in [-0.2, 0) is 24.2 Å². The van der Waals surface area contributed by atoms with Crippen LogP contribution in [-0.4, -0.2) is 34.9 Å². The topological polar surface area (TPSA) is 87.5 Å². The van der Waals surface area contributed by atoms with Gasteiger partial charge in [0.25, 0.3) is 0 Å². The summed E-state index contributed by atoms with van der Waals surface area (Å²) in [7, 11) is 0. The third kappa shape index (κ3) is 3.75. The fraction of sp³-hybridized carbons (Fsp3) is 0.500. The number of likely N-dealkylation sites (tertiary alicyclic amines) is 1. The summed E-state index contributed by atoms with van der Waals surface area (Å²) < 4.78 is 5.21. The van der Waals surface area contributed by atoms with Gasteiger partial charge in [0.05, 0.1) is 18.5 Å². The standard InChI is InChI=1S/C18H22N4O3S/c23-16(21-17-20-14-4-1-5-15(14)26-17)12-6-8-22(9-7-12)18(24)19-11-13-3-2-10-25-13/h2-3,10,12H,1,4-9,11H2,(H,19,24)(H,20,21,23). The third-order valence-corrected chi connectivity index (χ3v) is 6.05. The maximum Gasteiger partial charge on any atom is 0.317 e. The SMILES string of the molecule is O=C(Nc1nc2c(s1)CCC2)C1CCN(C(=O)NCc2ccco2)CC1. The number of amides is 3. The largest absolute Gasteiger partial charge is 0.467 e. The van der Waals surface area contributed by atoms with Crippen molar-refractivity contribution in [1.29, 1.82) is 0 Å². The van der Waals surface area contributed by atoms with E-state index in [9.17, 15) is 9.59 Å². The molecule has 1 aliphatic carbocycles. The maximum atomic E-state index is 12.5. The molecule has 1 aliphatic heterocycles. The highest BCUT2D eigenvalue weighted by Crippen LogP contribution is 2.31. The minimum absolute atomic E-state index is 0.0214. The Morgan fingerprint density at radius 3 is 2.88 bits per heavy atom. The monoisotopic (exact) mass is 374 g/mol. The van der Waals surface area contributed by atoms with E-state index in [0.717, 1.165) is 29.4 Å². The molecule has 1 fully saturated rings. The zero-order chi connectivity index (χ0) is 17.9. The molecule has 8 heteroatoms. The van der Waals surface area contributed by atoms with Gasteiger partial charge in [0.2, 0.25) is 5.91 Å². The summed E-state index contributed by atoms with van der Waals surface area (Å²) in [5.74, 6) is 0.680. The molecule has 0 saturated carbocycles. The number of piperidine rings is 1. The van der Waals surface area contributed by atoms with Crippen LogP contribution in [0.15, 0.2) is 22.8 Å². The van der Waals surface area contributed by atoms with Crippen molar-refractivity contribution in [1.82, 2.24) is 15.2 Å². The van der Waals surface area contributed by atoms with E-state index in [-0.39, 0.29) is 17.9 Å². The molecule has 0 atom stereocenters. The third-order valence-electron chi connectivity index (χ3n) is 4.97. The van der Waals surface area contributed by atoms with E-state index < -0.39 is 0 Å². The van der Waals surface area contributed by atoms with Crippen LogP contribution in [0.3, 0.4) is 0 Å². The molecule has 0 bridgehead atoms. The number of hydrogen-bond donors (Lipinski definition) is 2. The summed E-state index contributed by atoms with van der Waals surface area (Å²) in [6.07, 6.45) is 6.20. The van der Waals surface area contributed by atoms with E-state index in [0.29, 0.717) is 32.5 Å². The first-order chi connectivity index (χ1) is 12.7. The highest BCUT2D eigenvalue weighted by atomic mass is 32.1. The number of rotatable bonds is 4. The molecular formula is C18H22N4O3S. The van der Waals surface area contributed by atoms with Gasteiger partial charge in [0, 0.05) is 23.9 Å². The minimum atomic E-state index is -0.114. The first kappa shape index (κ1) is 17.1. The number of carbonyl (C=O) groups is 2. The Morgan fingerprint density at radius 2 is 2.15 bits per heavy atom. The number of carbonyl (C=O) groups excluding carboxylic acids is 2. The number of furan rings is 1. The Hall–Kier alpha value is -2.35. The molecule has 0 aromatic carbocycles. The van der Waals surface area contributed by atoms with Crippen LogP contribution in [0.4, 0.5) is 9.93 Å². The zero-order valence-corrected chi connectivity index (χ0v) is 15.3. The van der Waals surface area contributed by atoms with Crippen LogP contribution in [0.2, 0.25) is 0 Å². The molecule has 26 heavy (non-hydrogen) atoms. The summed E-state index contributed by atoms with van der Waals surface area (Å²) in [5, 5.41) is 6.53. The molecule has 2 N–H and O–H groups in total. The number of fused-ring (bicyclic) bond motifs is 1. The van der Waals surface area contributed by atoms with Gasteiger partial charge in [0.1, 0.15) is 5.76 Å². The Balaban J connectivity index is 1.23. The number of aromatic nitrogens is 1. The lowest BCUT2D eigenvalue weighted by Gasteiger charge is -2.31. The van der Waals surface area contributed by atoms with Gasteiger partial charge in [-0.05, 0) is 44.2 Å². The van der Waals surface area contributed by atoms with E-state index in [2.05, 4.69) is 15.6 Å². The zero-order valence-electron chi connectivity index (χ0n) is 14.5. The lowest BCUT2D eigenvalue weighted by molar-refractivity contribution is -0.121. The normalized spacial score (nSPS) is 17.2. The van der Waals surface area contributed by atoms with Gasteiger partial charge in [-0.3, -0.25) is 4.79 Å². The molecule has 4 rings (SSSR count). The van der Waals surface area contributed by atoms with Crippen molar-refractivity contribution < 1.29 is 14.0 Å². The number of hydrogen-bond acceptors (Lipinski definition) is 5. The van der Waals surface area contributed by atoms with Crippen molar-refractivity contribution in [3.63, 3.8) is 0 Å². The quantitative estimate of drug-likeness (QED) is 0.861. The number of urea groups is 1. The van der Waals surface area contributed by atoms with Gasteiger partial charge in [-0.1, -0.05) is 0 Å². The van der Waals surface area contributed by atoms with Gasteiger partial charge in [-0.2, -0.15) is 0 Å². The predicted molar refractivity (Wildman–Crippen MR) is 98.0 cm³/mol. The highest BCUT2D eigenvalue weighted by Gasteiger charge is 2.28. The minimum Gasteiger partial charge on any atom is -0.467 e. The second kappa shape index (κ2) is 7.49. The van der Waals surface area contributed by atoms with Gasteiger partial charge in [-0.15, -0.1) is 11.3 Å². The fourth-order valence-electron chi connectivity index (χ4n) is 3.48. The second-order valence-electron chi connectivity index (χ2n) is 6.73. The summed E-state index contributed by atoms with van der Waals surface area (Å²) in [6.45, 7) is 1.54. The van der Waals surface area contributed by atoms with Crippen molar-refractivity contribution in [2.75, 3.05) is 18.4 Å². The summed E-state index contributed by atoms with van der Waals surface area (Å²) >= 11 is 1.60. The lowest BCUT2D eigenvalue weighted by Crippen LogP contribution is -2.45. The highest BCUT2D eigenvalue weighted by molar-refractivity contribution is 7.15. The van der Waals surface area contributed by atoms with E-state index in [1.54, 1.807) is 28.6 Å². The van der Waals surface area contributed by atoms with Crippen molar-refractivity contribution in [2.45, 2.75) is 38.6 Å². The van der Waals surface area contributed by atoms with E-state index in [1.807, 2.05) is 6.07 Å². The average Bonchev–Trinajstić information content (AvgIpc) is 3.37. The number of thiazole rings is 1. The molecule has 3 amide bonds. The molecule has 0 radical (unpaired) electrons. The van der Waals surface area contributed by atoms with Crippen molar-refractivity contribution in [2.24, 2.45) is 5.92 Å². The van der Waals surface area contributed by atoms with Crippen molar-refractivity contribution in [3.8, 4) is 0 Å². The molecular weight excluding hydrogens is 352 g/mol. The first-order valence-corrected chi connectivity index (χ1v) is 9.85. The van der Waals surface area contributed by atoms with Crippen LogP contribution in [0.5, 0.6) is 0 Å². The van der Waals surface area contributed by atoms with Crippen LogP contribution in [0.25, 0.3) is 0 Å². The Morgan fingerprint density at radius 1 is 1.31 bits per heavy atom. The van der Waals surface area contributed by atoms with E-state index in [1.165, 1.54) is 11.3 Å². The molecule has 138 valence electrons. The number of nitrogens with one attached hydrogen (secondary N) is 2. The van der Waals surface area contributed by atoms with Gasteiger partial charge in [-0.25, -0.2) is 9.78 Å². The number of aryl methyl sites for hydroxylation is 2. The van der Waals surface area contributed by atoms with Crippen LogP contribution in [0, 0.1) is 5.92 Å². The predicted octanol–water partition coefficient (Wildman–Crippen LogP) is 2.79. The molecule has 1 saturated heterocycles. The summed E-state index contributed by atoms with van der Waals surface area (Å²) in [5.41, 5.74) is 1.15. The number of nitrogens with zero attached hydrogens (tertiary/aromatic N) is 2. The molecule has 2 aromatic heterocycles. The summed E-state index contributed by atoms with van der Waals surface area (Å²) in [4.78, 5) is 32.3. The molecule has 0 unspecified atom stereocenters. The van der Waals surface area contributed by atoms with E-state index in [4.69, 9.17) is 4.42 Å². The summed E-state index contributed by atoms with van der Waals surface area (Å²) in [6, 6.07) is 3.50. The first-order valence-electron chi connectivity index (χ1n) is 9.03. The van der Waals surface area contributed by atoms with Crippen LogP contribution in [0.1, 0.15) is 35.6 Å². The van der Waals surface area contributed by atoms with Crippen LogP contribution < -0.4 is 10.6 Å². The lowest BCUT2D eigenvalue weighted by atomic mass is 9.96.